The van der Waals surface area contributed by atoms with Crippen LogP contribution < -0.4 is 10.1 Å². The topological polar surface area (TPSA) is 21.3 Å². The molecule has 2 rings (SSSR count). The lowest BCUT2D eigenvalue weighted by Crippen LogP contribution is -2.35. The largest absolute Gasteiger partial charge is 0.493 e. The Bertz CT molecular complexity index is 461. The van der Waals surface area contributed by atoms with Crippen LogP contribution in [0, 0.1) is 19.3 Å². The van der Waals surface area contributed by atoms with E-state index in [0.29, 0.717) is 5.41 Å². The second-order valence-corrected chi connectivity index (χ2v) is 7.75. The highest BCUT2D eigenvalue weighted by Gasteiger charge is 2.21. The van der Waals surface area contributed by atoms with Crippen molar-refractivity contribution in [1.29, 1.82) is 0 Å². The molecule has 2 heteroatoms. The van der Waals surface area contributed by atoms with E-state index in [9.17, 15) is 0 Å². The van der Waals surface area contributed by atoms with Gasteiger partial charge in [0.1, 0.15) is 5.75 Å². The van der Waals surface area contributed by atoms with Gasteiger partial charge in [-0.1, -0.05) is 38.8 Å². The van der Waals surface area contributed by atoms with E-state index in [-0.39, 0.29) is 0 Å². The second kappa shape index (κ2) is 8.01. The van der Waals surface area contributed by atoms with Crippen LogP contribution in [0.4, 0.5) is 0 Å². The average molecular weight is 303 g/mol. The number of benzene rings is 1. The molecule has 0 saturated heterocycles. The SMILES string of the molecule is Cc1ccc(C)c(OCCCC(C)(C)CNC2CCCC2)c1. The third-order valence-corrected chi connectivity index (χ3v) is 4.82. The van der Waals surface area contributed by atoms with Gasteiger partial charge in [-0.25, -0.2) is 0 Å². The van der Waals surface area contributed by atoms with Crippen molar-refractivity contribution in [2.24, 2.45) is 5.41 Å². The van der Waals surface area contributed by atoms with Crippen molar-refractivity contribution in [2.45, 2.75) is 72.3 Å². The molecule has 1 aliphatic rings. The summed E-state index contributed by atoms with van der Waals surface area (Å²) in [6.07, 6.45) is 7.87. The van der Waals surface area contributed by atoms with Crippen molar-refractivity contribution < 1.29 is 4.74 Å². The lowest BCUT2D eigenvalue weighted by molar-refractivity contribution is 0.243. The third kappa shape index (κ3) is 5.64. The average Bonchev–Trinajstić information content (AvgIpc) is 2.98. The minimum Gasteiger partial charge on any atom is -0.493 e. The molecule has 1 aromatic carbocycles. The van der Waals surface area contributed by atoms with Crippen LogP contribution in [0.5, 0.6) is 5.75 Å². The van der Waals surface area contributed by atoms with Crippen LogP contribution in [-0.4, -0.2) is 19.2 Å². The molecule has 1 fully saturated rings. The first-order valence-electron chi connectivity index (χ1n) is 8.90. The van der Waals surface area contributed by atoms with Gasteiger partial charge < -0.3 is 10.1 Å². The van der Waals surface area contributed by atoms with Crippen molar-refractivity contribution in [1.82, 2.24) is 5.32 Å². The molecular formula is C20H33NO. The van der Waals surface area contributed by atoms with Gasteiger partial charge in [-0.05, 0) is 62.1 Å². The summed E-state index contributed by atoms with van der Waals surface area (Å²) in [5, 5.41) is 3.76. The highest BCUT2D eigenvalue weighted by molar-refractivity contribution is 5.35. The lowest BCUT2D eigenvalue weighted by Gasteiger charge is -2.27. The van der Waals surface area contributed by atoms with Crippen LogP contribution in [0.1, 0.15) is 63.5 Å². The first kappa shape index (κ1) is 17.3. The van der Waals surface area contributed by atoms with Crippen LogP contribution in [-0.2, 0) is 0 Å². The zero-order chi connectivity index (χ0) is 16.0. The molecule has 0 aromatic heterocycles. The number of rotatable bonds is 8. The lowest BCUT2D eigenvalue weighted by atomic mass is 9.87. The van der Waals surface area contributed by atoms with E-state index >= 15 is 0 Å². The summed E-state index contributed by atoms with van der Waals surface area (Å²) in [7, 11) is 0. The maximum atomic E-state index is 5.97. The Hall–Kier alpha value is -1.02. The monoisotopic (exact) mass is 303 g/mol. The number of aryl methyl sites for hydroxylation is 2. The zero-order valence-corrected chi connectivity index (χ0v) is 14.9. The van der Waals surface area contributed by atoms with Crippen LogP contribution >= 0.6 is 0 Å². The van der Waals surface area contributed by atoms with E-state index < -0.39 is 0 Å². The van der Waals surface area contributed by atoms with Crippen molar-refractivity contribution in [3.8, 4) is 5.75 Å². The van der Waals surface area contributed by atoms with Gasteiger partial charge in [0.2, 0.25) is 0 Å². The molecule has 22 heavy (non-hydrogen) atoms. The molecule has 0 aliphatic heterocycles. The molecule has 1 N–H and O–H groups in total. The summed E-state index contributed by atoms with van der Waals surface area (Å²) in [6, 6.07) is 7.19. The Morgan fingerprint density at radius 1 is 1.18 bits per heavy atom. The fourth-order valence-corrected chi connectivity index (χ4v) is 3.23. The predicted molar refractivity (Wildman–Crippen MR) is 94.7 cm³/mol. The van der Waals surface area contributed by atoms with E-state index in [1.807, 2.05) is 0 Å². The molecule has 0 radical (unpaired) electrons. The molecule has 0 spiro atoms. The van der Waals surface area contributed by atoms with Gasteiger partial charge in [-0.15, -0.1) is 0 Å². The van der Waals surface area contributed by atoms with Crippen molar-refractivity contribution in [3.63, 3.8) is 0 Å². The molecular weight excluding hydrogens is 270 g/mol. The van der Waals surface area contributed by atoms with Crippen LogP contribution in [0.2, 0.25) is 0 Å². The van der Waals surface area contributed by atoms with E-state index in [1.54, 1.807) is 0 Å². The van der Waals surface area contributed by atoms with E-state index in [0.717, 1.165) is 31.4 Å². The van der Waals surface area contributed by atoms with Gasteiger partial charge in [0.25, 0.3) is 0 Å². The quantitative estimate of drug-likeness (QED) is 0.681. The fourth-order valence-electron chi connectivity index (χ4n) is 3.23. The maximum Gasteiger partial charge on any atom is 0.122 e. The number of hydrogen-bond donors (Lipinski definition) is 1. The Morgan fingerprint density at radius 2 is 1.91 bits per heavy atom. The van der Waals surface area contributed by atoms with Crippen molar-refractivity contribution in [3.05, 3.63) is 29.3 Å². The van der Waals surface area contributed by atoms with Crippen molar-refractivity contribution >= 4 is 0 Å². The zero-order valence-electron chi connectivity index (χ0n) is 14.9. The van der Waals surface area contributed by atoms with Gasteiger partial charge in [-0.2, -0.15) is 0 Å². The van der Waals surface area contributed by atoms with Crippen LogP contribution in [0.3, 0.4) is 0 Å². The van der Waals surface area contributed by atoms with Gasteiger partial charge in [0.15, 0.2) is 0 Å². The minimum atomic E-state index is 0.355. The van der Waals surface area contributed by atoms with Crippen molar-refractivity contribution in [2.75, 3.05) is 13.2 Å². The van der Waals surface area contributed by atoms with Gasteiger partial charge in [0, 0.05) is 12.6 Å². The highest BCUT2D eigenvalue weighted by Crippen LogP contribution is 2.25. The Morgan fingerprint density at radius 3 is 2.64 bits per heavy atom. The number of ether oxygens (including phenoxy) is 1. The predicted octanol–water partition coefficient (Wildman–Crippen LogP) is 5.02. The van der Waals surface area contributed by atoms with Gasteiger partial charge in [0.05, 0.1) is 6.61 Å². The summed E-state index contributed by atoms with van der Waals surface area (Å²) >= 11 is 0. The standard InChI is InChI=1S/C20H33NO/c1-16-10-11-17(2)19(14-16)22-13-7-12-20(3,4)15-21-18-8-5-6-9-18/h10-11,14,18,21H,5-9,12-13,15H2,1-4H3. The summed E-state index contributed by atoms with van der Waals surface area (Å²) in [5.41, 5.74) is 2.85. The Labute approximate surface area is 136 Å². The molecule has 1 aromatic rings. The number of nitrogens with one attached hydrogen (secondary N) is 1. The first-order valence-corrected chi connectivity index (χ1v) is 8.90. The summed E-state index contributed by atoms with van der Waals surface area (Å²) in [6.45, 7) is 10.9. The van der Waals surface area contributed by atoms with Gasteiger partial charge in [-0.3, -0.25) is 0 Å². The third-order valence-electron chi connectivity index (χ3n) is 4.82. The molecule has 0 amide bonds. The minimum absolute atomic E-state index is 0.355. The summed E-state index contributed by atoms with van der Waals surface area (Å²) < 4.78 is 5.97. The van der Waals surface area contributed by atoms with Crippen LogP contribution in [0.25, 0.3) is 0 Å². The highest BCUT2D eigenvalue weighted by atomic mass is 16.5. The molecule has 1 aliphatic carbocycles. The smallest absolute Gasteiger partial charge is 0.122 e. The summed E-state index contributed by atoms with van der Waals surface area (Å²) in [5.74, 6) is 1.04. The normalized spacial score (nSPS) is 16.2. The molecule has 0 unspecified atom stereocenters. The fraction of sp³-hybridized carbons (Fsp3) is 0.700. The number of hydrogen-bond acceptors (Lipinski definition) is 2. The first-order chi connectivity index (χ1) is 10.5. The van der Waals surface area contributed by atoms with E-state index in [2.05, 4.69) is 51.2 Å². The Kier molecular flexibility index (Phi) is 6.31. The van der Waals surface area contributed by atoms with Gasteiger partial charge >= 0.3 is 0 Å². The molecule has 0 heterocycles. The second-order valence-electron chi connectivity index (χ2n) is 7.75. The van der Waals surface area contributed by atoms with E-state index in [1.165, 1.54) is 43.2 Å². The molecule has 0 atom stereocenters. The van der Waals surface area contributed by atoms with E-state index in [4.69, 9.17) is 4.74 Å². The summed E-state index contributed by atoms with van der Waals surface area (Å²) in [4.78, 5) is 0. The molecule has 2 nitrogen and oxygen atoms in total. The maximum absolute atomic E-state index is 5.97. The molecule has 0 bridgehead atoms. The molecule has 124 valence electrons. The Balaban J connectivity index is 1.67. The van der Waals surface area contributed by atoms with Crippen LogP contribution in [0.15, 0.2) is 18.2 Å². The molecule has 1 saturated carbocycles.